The normalized spacial score (nSPS) is 29.5. The van der Waals surface area contributed by atoms with Crippen molar-refractivity contribution in [3.63, 3.8) is 0 Å². The van der Waals surface area contributed by atoms with Crippen molar-refractivity contribution >= 4 is 17.3 Å². The van der Waals surface area contributed by atoms with Gasteiger partial charge in [0, 0.05) is 6.04 Å². The molecule has 0 aromatic rings. The summed E-state index contributed by atoms with van der Waals surface area (Å²) < 4.78 is 0. The van der Waals surface area contributed by atoms with Crippen molar-refractivity contribution in [3.8, 4) is 0 Å². The van der Waals surface area contributed by atoms with Crippen molar-refractivity contribution in [2.24, 2.45) is 11.8 Å². The Kier molecular flexibility index (Phi) is 3.75. The lowest BCUT2D eigenvalue weighted by Crippen LogP contribution is -2.48. The van der Waals surface area contributed by atoms with Crippen LogP contribution in [0.15, 0.2) is 0 Å². The van der Waals surface area contributed by atoms with Gasteiger partial charge in [-0.15, -0.1) is 0 Å². The monoisotopic (exact) mass is 187 g/mol. The molecule has 0 bridgehead atoms. The molecule has 0 heterocycles. The highest BCUT2D eigenvalue weighted by atomic mass is 32.1. The van der Waals surface area contributed by atoms with E-state index in [0.717, 1.165) is 0 Å². The van der Waals surface area contributed by atoms with Crippen molar-refractivity contribution < 1.29 is 0 Å². The maximum Gasteiger partial charge on any atom is 0.180 e. The van der Waals surface area contributed by atoms with Crippen LogP contribution in [0.2, 0.25) is 0 Å². The van der Waals surface area contributed by atoms with E-state index in [4.69, 9.17) is 18.1 Å². The van der Waals surface area contributed by atoms with E-state index >= 15 is 0 Å². The maximum absolute atomic E-state index is 5.18. The molecule has 2 atom stereocenters. The molecule has 0 saturated heterocycles. The first kappa shape index (κ1) is 9.74. The van der Waals surface area contributed by atoms with Crippen LogP contribution in [0.25, 0.3) is 0 Å². The molecule has 0 amide bonds. The van der Waals surface area contributed by atoms with Crippen LogP contribution in [-0.2, 0) is 0 Å². The lowest BCUT2D eigenvalue weighted by Gasteiger charge is -2.30. The van der Waals surface area contributed by atoms with Crippen LogP contribution in [0.4, 0.5) is 0 Å². The van der Waals surface area contributed by atoms with E-state index in [9.17, 15) is 0 Å². The molecule has 0 spiro atoms. The molecule has 4 heteroatoms. The van der Waals surface area contributed by atoms with Gasteiger partial charge in [-0.2, -0.15) is 0 Å². The molecule has 12 heavy (non-hydrogen) atoms. The van der Waals surface area contributed by atoms with E-state index in [1.54, 1.807) is 0 Å². The minimum atomic E-state index is 0.516. The first-order chi connectivity index (χ1) is 5.74. The molecule has 0 unspecified atom stereocenters. The molecular weight excluding hydrogens is 170 g/mol. The molecule has 4 N–H and O–H groups in total. The number of nitrogens with one attached hydrogen (secondary N) is 2. The van der Waals surface area contributed by atoms with E-state index in [-0.39, 0.29) is 0 Å². The van der Waals surface area contributed by atoms with Crippen LogP contribution in [0, 0.1) is 5.92 Å². The Morgan fingerprint density at radius 3 is 2.67 bits per heavy atom. The van der Waals surface area contributed by atoms with E-state index < -0.39 is 0 Å². The third-order valence-corrected chi connectivity index (χ3v) is 2.79. The smallest absolute Gasteiger partial charge is 0.180 e. The molecule has 1 saturated carbocycles. The minimum absolute atomic E-state index is 0.516. The van der Waals surface area contributed by atoms with Crippen LogP contribution < -0.4 is 16.6 Å². The van der Waals surface area contributed by atoms with Gasteiger partial charge in [0.1, 0.15) is 0 Å². The summed E-state index contributed by atoms with van der Waals surface area (Å²) in [6, 6.07) is 0.516. The highest BCUT2D eigenvalue weighted by molar-refractivity contribution is 7.80. The van der Waals surface area contributed by atoms with Crippen molar-refractivity contribution in [1.29, 1.82) is 0 Å². The van der Waals surface area contributed by atoms with E-state index in [2.05, 4.69) is 17.7 Å². The van der Waals surface area contributed by atoms with Gasteiger partial charge in [-0.3, -0.25) is 0 Å². The fraction of sp³-hybridized carbons (Fsp3) is 0.875. The van der Waals surface area contributed by atoms with Crippen molar-refractivity contribution in [1.82, 2.24) is 10.7 Å². The number of hydrogen-bond acceptors (Lipinski definition) is 2. The highest BCUT2D eigenvalue weighted by Gasteiger charge is 2.21. The predicted molar refractivity (Wildman–Crippen MR) is 54.5 cm³/mol. The first-order valence-corrected chi connectivity index (χ1v) is 4.92. The fourth-order valence-electron chi connectivity index (χ4n) is 1.74. The van der Waals surface area contributed by atoms with Crippen LogP contribution >= 0.6 is 12.2 Å². The molecule has 0 aromatic carbocycles. The maximum atomic E-state index is 5.18. The molecule has 0 aliphatic heterocycles. The summed E-state index contributed by atoms with van der Waals surface area (Å²) in [7, 11) is 0. The molecule has 0 radical (unpaired) electrons. The quantitative estimate of drug-likeness (QED) is 0.324. The minimum Gasteiger partial charge on any atom is -0.359 e. The third kappa shape index (κ3) is 2.60. The van der Waals surface area contributed by atoms with Gasteiger partial charge in [0.25, 0.3) is 0 Å². The molecule has 1 fully saturated rings. The van der Waals surface area contributed by atoms with Gasteiger partial charge in [-0.1, -0.05) is 19.8 Å². The van der Waals surface area contributed by atoms with Gasteiger partial charge >= 0.3 is 0 Å². The Morgan fingerprint density at radius 1 is 1.42 bits per heavy atom. The Balaban J connectivity index is 2.33. The average molecular weight is 187 g/mol. The van der Waals surface area contributed by atoms with E-state index in [0.29, 0.717) is 17.1 Å². The van der Waals surface area contributed by atoms with Crippen LogP contribution in [0.1, 0.15) is 32.6 Å². The lowest BCUT2D eigenvalue weighted by molar-refractivity contribution is 0.308. The van der Waals surface area contributed by atoms with E-state index in [1.807, 2.05) is 0 Å². The second-order valence-corrected chi connectivity index (χ2v) is 3.89. The summed E-state index contributed by atoms with van der Waals surface area (Å²) >= 11 is 4.94. The highest BCUT2D eigenvalue weighted by Crippen LogP contribution is 2.23. The van der Waals surface area contributed by atoms with Crippen molar-refractivity contribution in [2.45, 2.75) is 38.6 Å². The SMILES string of the molecule is C[C@@H]1CCCC[C@H]1NC(=S)NN. The summed E-state index contributed by atoms with van der Waals surface area (Å²) in [4.78, 5) is 0. The van der Waals surface area contributed by atoms with E-state index in [1.165, 1.54) is 25.7 Å². The van der Waals surface area contributed by atoms with Crippen LogP contribution in [0.5, 0.6) is 0 Å². The Hall–Kier alpha value is -0.350. The largest absolute Gasteiger partial charge is 0.359 e. The summed E-state index contributed by atoms with van der Waals surface area (Å²) in [5.41, 5.74) is 2.45. The van der Waals surface area contributed by atoms with Crippen molar-refractivity contribution in [2.75, 3.05) is 0 Å². The number of rotatable bonds is 1. The van der Waals surface area contributed by atoms with Gasteiger partial charge in [0.15, 0.2) is 5.11 Å². The molecule has 3 nitrogen and oxygen atoms in total. The standard InChI is InChI=1S/C8H17N3S/c1-6-4-2-3-5-7(6)10-8(12)11-9/h6-7H,2-5,9H2,1H3,(H2,10,11,12)/t6-,7-/m1/s1. The zero-order valence-electron chi connectivity index (χ0n) is 7.47. The van der Waals surface area contributed by atoms with Gasteiger partial charge < -0.3 is 10.7 Å². The second kappa shape index (κ2) is 4.62. The predicted octanol–water partition coefficient (Wildman–Crippen LogP) is 0.903. The third-order valence-electron chi connectivity index (χ3n) is 2.56. The Bertz CT molecular complexity index is 160. The van der Waals surface area contributed by atoms with Gasteiger partial charge in [0.05, 0.1) is 0 Å². The molecule has 1 rings (SSSR count). The molecular formula is C8H17N3S. The molecule has 0 aromatic heterocycles. The summed E-state index contributed by atoms with van der Waals surface area (Å²) in [5.74, 6) is 5.89. The van der Waals surface area contributed by atoms with Crippen molar-refractivity contribution in [3.05, 3.63) is 0 Å². The number of nitrogens with two attached hydrogens (primary N) is 1. The lowest BCUT2D eigenvalue weighted by atomic mass is 9.86. The summed E-state index contributed by atoms with van der Waals surface area (Å²) in [5, 5.41) is 3.78. The summed E-state index contributed by atoms with van der Waals surface area (Å²) in [6.07, 6.45) is 5.16. The zero-order valence-corrected chi connectivity index (χ0v) is 8.29. The van der Waals surface area contributed by atoms with Gasteiger partial charge in [-0.25, -0.2) is 5.84 Å². The number of hydrogen-bond donors (Lipinski definition) is 3. The zero-order chi connectivity index (χ0) is 8.97. The van der Waals surface area contributed by atoms with Crippen LogP contribution in [0.3, 0.4) is 0 Å². The molecule has 1 aliphatic carbocycles. The summed E-state index contributed by atoms with van der Waals surface area (Å²) in [6.45, 7) is 2.26. The Morgan fingerprint density at radius 2 is 2.08 bits per heavy atom. The van der Waals surface area contributed by atoms with Gasteiger partial charge in [0.2, 0.25) is 0 Å². The number of thiocarbonyl (C=S) groups is 1. The molecule has 1 aliphatic rings. The average Bonchev–Trinajstić information content (AvgIpc) is 2.09. The van der Waals surface area contributed by atoms with Gasteiger partial charge in [-0.05, 0) is 31.0 Å². The Labute approximate surface area is 79.1 Å². The second-order valence-electron chi connectivity index (χ2n) is 3.49. The fourth-order valence-corrected chi connectivity index (χ4v) is 1.89. The first-order valence-electron chi connectivity index (χ1n) is 4.51. The van der Waals surface area contributed by atoms with Crippen LogP contribution in [-0.4, -0.2) is 11.2 Å². The topological polar surface area (TPSA) is 50.1 Å². The molecule has 70 valence electrons. The number of hydrazine groups is 1.